The Morgan fingerprint density at radius 1 is 1.10 bits per heavy atom. The zero-order valence-electron chi connectivity index (χ0n) is 13.9. The quantitative estimate of drug-likeness (QED) is 0.773. The Kier molecular flexibility index (Phi) is 4.54. The van der Waals surface area contributed by atoms with Gasteiger partial charge in [0.05, 0.1) is 0 Å². The average molecular weight is 286 g/mol. The van der Waals surface area contributed by atoms with Crippen molar-refractivity contribution in [3.8, 4) is 0 Å². The minimum Gasteiger partial charge on any atom is -0.371 e. The van der Waals surface area contributed by atoms with Crippen LogP contribution < -0.4 is 10.2 Å². The Morgan fingerprint density at radius 3 is 2.19 bits per heavy atom. The van der Waals surface area contributed by atoms with Crippen LogP contribution in [0.5, 0.6) is 0 Å². The van der Waals surface area contributed by atoms with Crippen LogP contribution in [0.4, 0.5) is 5.69 Å². The standard InChI is InChI=1S/C19H30N2/c1-14(2)20-11-18-8-9-19(15(3)10-18)21(12-16-4-5-16)13-17-6-7-17/h8-10,14,16-17,20H,4-7,11-13H2,1-3H3. The van der Waals surface area contributed by atoms with Gasteiger partial charge >= 0.3 is 0 Å². The first-order valence-corrected chi connectivity index (χ1v) is 8.69. The lowest BCUT2D eigenvalue weighted by Crippen LogP contribution is -2.29. The summed E-state index contributed by atoms with van der Waals surface area (Å²) in [6, 6.07) is 7.59. The number of aryl methyl sites for hydroxylation is 1. The first kappa shape index (κ1) is 14.9. The first-order chi connectivity index (χ1) is 10.1. The maximum absolute atomic E-state index is 3.51. The van der Waals surface area contributed by atoms with E-state index in [2.05, 4.69) is 49.2 Å². The van der Waals surface area contributed by atoms with Crippen LogP contribution in [0.25, 0.3) is 0 Å². The average Bonchev–Trinajstić information content (AvgIpc) is 3.31. The van der Waals surface area contributed by atoms with Crippen LogP contribution in [-0.4, -0.2) is 19.1 Å². The van der Waals surface area contributed by atoms with Crippen LogP contribution in [0.1, 0.15) is 50.7 Å². The second-order valence-corrected chi connectivity index (χ2v) is 7.45. The number of hydrogen-bond acceptors (Lipinski definition) is 2. The number of anilines is 1. The van der Waals surface area contributed by atoms with E-state index in [-0.39, 0.29) is 0 Å². The molecule has 0 atom stereocenters. The topological polar surface area (TPSA) is 15.3 Å². The van der Waals surface area contributed by atoms with Gasteiger partial charge in [0.1, 0.15) is 0 Å². The van der Waals surface area contributed by atoms with Gasteiger partial charge in [0.2, 0.25) is 0 Å². The molecule has 2 aliphatic rings. The molecule has 2 saturated carbocycles. The fourth-order valence-electron chi connectivity index (χ4n) is 3.00. The highest BCUT2D eigenvalue weighted by Gasteiger charge is 2.29. The molecule has 0 bridgehead atoms. The highest BCUT2D eigenvalue weighted by molar-refractivity contribution is 5.55. The molecular formula is C19H30N2. The van der Waals surface area contributed by atoms with E-state index in [1.165, 1.54) is 55.6 Å². The summed E-state index contributed by atoms with van der Waals surface area (Å²) in [4.78, 5) is 2.67. The van der Waals surface area contributed by atoms with E-state index in [4.69, 9.17) is 0 Å². The van der Waals surface area contributed by atoms with Crippen LogP contribution in [0, 0.1) is 18.8 Å². The molecule has 21 heavy (non-hydrogen) atoms. The van der Waals surface area contributed by atoms with Gasteiger partial charge in [0.15, 0.2) is 0 Å². The highest BCUT2D eigenvalue weighted by atomic mass is 15.1. The molecule has 0 heterocycles. The van der Waals surface area contributed by atoms with Crippen molar-refractivity contribution >= 4 is 5.69 Å². The predicted octanol–water partition coefficient (Wildman–Crippen LogP) is 4.12. The highest BCUT2D eigenvalue weighted by Crippen LogP contribution is 2.36. The van der Waals surface area contributed by atoms with Gasteiger partial charge < -0.3 is 10.2 Å². The smallest absolute Gasteiger partial charge is 0.0396 e. The number of rotatable bonds is 8. The third-order valence-corrected chi connectivity index (χ3v) is 4.67. The minimum atomic E-state index is 0.547. The Bertz CT molecular complexity index is 458. The molecule has 0 unspecified atom stereocenters. The number of nitrogens with one attached hydrogen (secondary N) is 1. The largest absolute Gasteiger partial charge is 0.371 e. The monoisotopic (exact) mass is 286 g/mol. The summed E-state index contributed by atoms with van der Waals surface area (Å²) in [6.07, 6.45) is 5.76. The van der Waals surface area contributed by atoms with E-state index in [1.807, 2.05) is 0 Å². The third kappa shape index (κ3) is 4.47. The van der Waals surface area contributed by atoms with Crippen molar-refractivity contribution < 1.29 is 0 Å². The minimum absolute atomic E-state index is 0.547. The third-order valence-electron chi connectivity index (χ3n) is 4.67. The van der Waals surface area contributed by atoms with Crippen LogP contribution in [0.15, 0.2) is 18.2 Å². The van der Waals surface area contributed by atoms with Crippen LogP contribution in [0.3, 0.4) is 0 Å². The SMILES string of the molecule is Cc1cc(CNC(C)C)ccc1N(CC1CC1)CC1CC1. The van der Waals surface area contributed by atoms with Gasteiger partial charge in [-0.1, -0.05) is 26.0 Å². The fourth-order valence-corrected chi connectivity index (χ4v) is 3.00. The van der Waals surface area contributed by atoms with Gasteiger partial charge in [0.25, 0.3) is 0 Å². The summed E-state index contributed by atoms with van der Waals surface area (Å²) in [7, 11) is 0. The Morgan fingerprint density at radius 2 is 1.71 bits per heavy atom. The first-order valence-electron chi connectivity index (χ1n) is 8.69. The van der Waals surface area contributed by atoms with Crippen molar-refractivity contribution in [2.75, 3.05) is 18.0 Å². The summed E-state index contributed by atoms with van der Waals surface area (Å²) < 4.78 is 0. The van der Waals surface area contributed by atoms with Crippen molar-refractivity contribution in [1.82, 2.24) is 5.32 Å². The van der Waals surface area contributed by atoms with E-state index < -0.39 is 0 Å². The molecule has 0 spiro atoms. The molecule has 0 aliphatic heterocycles. The second kappa shape index (κ2) is 6.39. The molecule has 1 N–H and O–H groups in total. The van der Waals surface area contributed by atoms with Crippen LogP contribution >= 0.6 is 0 Å². The van der Waals surface area contributed by atoms with Gasteiger partial charge in [-0.2, -0.15) is 0 Å². The zero-order chi connectivity index (χ0) is 14.8. The molecule has 2 nitrogen and oxygen atoms in total. The maximum atomic E-state index is 3.51. The summed E-state index contributed by atoms with van der Waals surface area (Å²) in [5.74, 6) is 1.93. The van der Waals surface area contributed by atoms with Crippen molar-refractivity contribution in [1.29, 1.82) is 0 Å². The summed E-state index contributed by atoms with van der Waals surface area (Å²) in [5, 5.41) is 3.51. The summed E-state index contributed by atoms with van der Waals surface area (Å²) in [6.45, 7) is 10.2. The lowest BCUT2D eigenvalue weighted by atomic mass is 10.1. The molecule has 0 radical (unpaired) electrons. The van der Waals surface area contributed by atoms with Gasteiger partial charge in [0, 0.05) is 31.4 Å². The molecular weight excluding hydrogens is 256 g/mol. The van der Waals surface area contributed by atoms with E-state index in [0.29, 0.717) is 6.04 Å². The summed E-state index contributed by atoms with van der Waals surface area (Å²) >= 11 is 0. The van der Waals surface area contributed by atoms with E-state index in [1.54, 1.807) is 0 Å². The van der Waals surface area contributed by atoms with Gasteiger partial charge in [-0.15, -0.1) is 0 Å². The molecule has 2 heteroatoms. The molecule has 2 fully saturated rings. The van der Waals surface area contributed by atoms with E-state index in [9.17, 15) is 0 Å². The van der Waals surface area contributed by atoms with E-state index in [0.717, 1.165) is 18.4 Å². The molecule has 2 aliphatic carbocycles. The van der Waals surface area contributed by atoms with Crippen molar-refractivity contribution in [3.63, 3.8) is 0 Å². The number of benzene rings is 1. The van der Waals surface area contributed by atoms with Crippen LogP contribution in [0.2, 0.25) is 0 Å². The Labute approximate surface area is 129 Å². The van der Waals surface area contributed by atoms with Crippen molar-refractivity contribution in [3.05, 3.63) is 29.3 Å². The normalized spacial score (nSPS) is 18.3. The predicted molar refractivity (Wildman–Crippen MR) is 90.8 cm³/mol. The Balaban J connectivity index is 1.68. The number of hydrogen-bond donors (Lipinski definition) is 1. The molecule has 116 valence electrons. The van der Waals surface area contributed by atoms with Gasteiger partial charge in [-0.05, 0) is 61.6 Å². The molecule has 0 saturated heterocycles. The lowest BCUT2D eigenvalue weighted by molar-refractivity contribution is 0.588. The lowest BCUT2D eigenvalue weighted by Gasteiger charge is -2.27. The molecule has 1 aromatic carbocycles. The fraction of sp³-hybridized carbons (Fsp3) is 0.684. The van der Waals surface area contributed by atoms with Crippen molar-refractivity contribution in [2.24, 2.45) is 11.8 Å². The second-order valence-electron chi connectivity index (χ2n) is 7.45. The molecule has 0 amide bonds. The Hall–Kier alpha value is -1.02. The van der Waals surface area contributed by atoms with Gasteiger partial charge in [-0.3, -0.25) is 0 Å². The molecule has 3 rings (SSSR count). The summed E-state index contributed by atoms with van der Waals surface area (Å²) in [5.41, 5.74) is 4.32. The van der Waals surface area contributed by atoms with E-state index >= 15 is 0 Å². The molecule has 1 aromatic rings. The van der Waals surface area contributed by atoms with Crippen LogP contribution in [-0.2, 0) is 6.54 Å². The van der Waals surface area contributed by atoms with Crippen molar-refractivity contribution in [2.45, 2.75) is 59.0 Å². The zero-order valence-corrected chi connectivity index (χ0v) is 13.9. The molecule has 0 aromatic heterocycles. The maximum Gasteiger partial charge on any atom is 0.0396 e. The van der Waals surface area contributed by atoms with Gasteiger partial charge in [-0.25, -0.2) is 0 Å². The number of nitrogens with zero attached hydrogens (tertiary/aromatic N) is 1.